The van der Waals surface area contributed by atoms with E-state index in [2.05, 4.69) is 10.6 Å². The molecule has 3 N–H and O–H groups in total. The van der Waals surface area contributed by atoms with Gasteiger partial charge >= 0.3 is 0 Å². The summed E-state index contributed by atoms with van der Waals surface area (Å²) in [5.41, 5.74) is 2.00. The first kappa shape index (κ1) is 36.0. The molecule has 46 heavy (non-hydrogen) atoms. The number of nitrogens with zero attached hydrogens (tertiary/aromatic N) is 1. The lowest BCUT2D eigenvalue weighted by Crippen LogP contribution is -2.46. The van der Waals surface area contributed by atoms with Gasteiger partial charge in [0.2, 0.25) is 5.91 Å². The van der Waals surface area contributed by atoms with Gasteiger partial charge in [-0.25, -0.2) is 8.78 Å². The number of aryl methyl sites for hydroxylation is 1. The van der Waals surface area contributed by atoms with Gasteiger partial charge in [-0.3, -0.25) is 19.2 Å². The molecular formula is C36H43F2N3O5. The molecule has 0 aromatic heterocycles. The number of carbonyl (C=O) groups is 4. The Morgan fingerprint density at radius 1 is 0.826 bits per heavy atom. The molecule has 0 unspecified atom stereocenters. The van der Waals surface area contributed by atoms with Crippen molar-refractivity contribution in [2.45, 2.75) is 71.4 Å². The van der Waals surface area contributed by atoms with E-state index in [0.29, 0.717) is 29.8 Å². The van der Waals surface area contributed by atoms with E-state index in [1.54, 1.807) is 54.3 Å². The maximum Gasteiger partial charge on any atom is 0.253 e. The summed E-state index contributed by atoms with van der Waals surface area (Å²) in [6.45, 7) is 6.95. The Morgan fingerprint density at radius 3 is 2.09 bits per heavy atom. The van der Waals surface area contributed by atoms with E-state index < -0.39 is 29.7 Å². The van der Waals surface area contributed by atoms with Gasteiger partial charge in [0.05, 0.1) is 12.1 Å². The second-order valence-electron chi connectivity index (χ2n) is 11.4. The van der Waals surface area contributed by atoms with Crippen LogP contribution < -0.4 is 10.6 Å². The number of Topliss-reactive ketones (excluding diaryl/α,β-unsaturated/α-hetero) is 1. The van der Waals surface area contributed by atoms with E-state index in [-0.39, 0.29) is 61.0 Å². The standard InChI is InChI=1S/C36H43F2N3O5/c1-4-15-41(16-5-2)36(46)28-18-24(3)17-27(22-28)35(45)40-31(21-25-19-29(37)23-30(38)20-25)33(43)13-14-39-34(44)12-11-32(42)26-9-7-6-8-10-26/h6-10,17-20,22-23,31,33,43H,4-5,11-16,21H2,1-3H3,(H,39,44)(H,40,45)/t31-,33+/m1/s1. The average Bonchev–Trinajstić information content (AvgIpc) is 3.02. The molecule has 0 radical (unpaired) electrons. The van der Waals surface area contributed by atoms with Crippen molar-refractivity contribution in [3.05, 3.63) is 106 Å². The number of benzene rings is 3. The van der Waals surface area contributed by atoms with E-state index in [1.165, 1.54) is 6.07 Å². The minimum absolute atomic E-state index is 0.0155. The molecule has 0 spiro atoms. The van der Waals surface area contributed by atoms with Crippen LogP contribution in [0, 0.1) is 18.6 Å². The number of carbonyl (C=O) groups excluding carboxylic acids is 4. The largest absolute Gasteiger partial charge is 0.391 e. The smallest absolute Gasteiger partial charge is 0.253 e. The number of hydrogen-bond acceptors (Lipinski definition) is 5. The Bertz CT molecular complexity index is 1470. The summed E-state index contributed by atoms with van der Waals surface area (Å²) in [6.07, 6.45) is 0.278. The summed E-state index contributed by atoms with van der Waals surface area (Å²) >= 11 is 0. The Balaban J connectivity index is 1.70. The van der Waals surface area contributed by atoms with Gasteiger partial charge in [-0.2, -0.15) is 0 Å². The molecule has 0 heterocycles. The highest BCUT2D eigenvalue weighted by atomic mass is 19.1. The molecule has 3 aromatic carbocycles. The van der Waals surface area contributed by atoms with Crippen molar-refractivity contribution < 1.29 is 33.1 Å². The van der Waals surface area contributed by atoms with Crippen LogP contribution in [0.3, 0.4) is 0 Å². The first-order valence-corrected chi connectivity index (χ1v) is 15.7. The lowest BCUT2D eigenvalue weighted by Gasteiger charge is -2.25. The lowest BCUT2D eigenvalue weighted by atomic mass is 9.97. The van der Waals surface area contributed by atoms with Crippen LogP contribution in [-0.2, 0) is 11.2 Å². The number of halogens is 2. The number of amides is 3. The Morgan fingerprint density at radius 2 is 1.46 bits per heavy atom. The van der Waals surface area contributed by atoms with Crippen LogP contribution in [0.15, 0.2) is 66.7 Å². The van der Waals surface area contributed by atoms with Crippen molar-refractivity contribution in [1.29, 1.82) is 0 Å². The van der Waals surface area contributed by atoms with E-state index in [0.717, 1.165) is 31.0 Å². The monoisotopic (exact) mass is 635 g/mol. The molecule has 246 valence electrons. The summed E-state index contributed by atoms with van der Waals surface area (Å²) in [7, 11) is 0. The quantitative estimate of drug-likeness (QED) is 0.172. The number of hydrogen-bond donors (Lipinski definition) is 3. The first-order chi connectivity index (χ1) is 22.0. The van der Waals surface area contributed by atoms with Gasteiger partial charge in [0.15, 0.2) is 5.78 Å². The third-order valence-electron chi connectivity index (χ3n) is 7.46. The fraction of sp³-hybridized carbons (Fsp3) is 0.389. The molecule has 0 fully saturated rings. The second-order valence-corrected chi connectivity index (χ2v) is 11.4. The van der Waals surface area contributed by atoms with Gasteiger partial charge in [0, 0.05) is 55.2 Å². The third-order valence-corrected chi connectivity index (χ3v) is 7.46. The van der Waals surface area contributed by atoms with Gasteiger partial charge < -0.3 is 20.6 Å². The Labute approximate surface area is 269 Å². The van der Waals surface area contributed by atoms with E-state index >= 15 is 0 Å². The fourth-order valence-corrected chi connectivity index (χ4v) is 5.24. The normalized spacial score (nSPS) is 12.2. The highest BCUT2D eigenvalue weighted by Crippen LogP contribution is 2.17. The predicted molar refractivity (Wildman–Crippen MR) is 173 cm³/mol. The molecular weight excluding hydrogens is 592 g/mol. The fourth-order valence-electron chi connectivity index (χ4n) is 5.24. The van der Waals surface area contributed by atoms with Gasteiger partial charge in [-0.05, 0) is 74.1 Å². The van der Waals surface area contributed by atoms with Crippen molar-refractivity contribution in [3.8, 4) is 0 Å². The van der Waals surface area contributed by atoms with Gasteiger partial charge in [-0.1, -0.05) is 44.2 Å². The van der Waals surface area contributed by atoms with E-state index in [1.807, 2.05) is 13.8 Å². The molecule has 0 saturated heterocycles. The van der Waals surface area contributed by atoms with Crippen molar-refractivity contribution in [2.75, 3.05) is 19.6 Å². The zero-order valence-corrected chi connectivity index (χ0v) is 26.7. The average molecular weight is 636 g/mol. The van der Waals surface area contributed by atoms with Gasteiger partial charge in [0.25, 0.3) is 11.8 Å². The minimum atomic E-state index is -1.21. The molecule has 3 amide bonds. The molecule has 0 aliphatic carbocycles. The zero-order chi connectivity index (χ0) is 33.6. The highest BCUT2D eigenvalue weighted by Gasteiger charge is 2.25. The van der Waals surface area contributed by atoms with E-state index in [4.69, 9.17) is 0 Å². The molecule has 0 saturated carbocycles. The minimum Gasteiger partial charge on any atom is -0.391 e. The van der Waals surface area contributed by atoms with Crippen molar-refractivity contribution in [2.24, 2.45) is 0 Å². The Kier molecular flexibility index (Phi) is 14.0. The molecule has 3 aromatic rings. The number of aliphatic hydroxyl groups excluding tert-OH is 1. The van der Waals surface area contributed by atoms with Gasteiger partial charge in [-0.15, -0.1) is 0 Å². The van der Waals surface area contributed by atoms with Crippen LogP contribution in [0.25, 0.3) is 0 Å². The number of aliphatic hydroxyl groups is 1. The topological polar surface area (TPSA) is 116 Å². The summed E-state index contributed by atoms with van der Waals surface area (Å²) in [5, 5.41) is 16.6. The molecule has 2 atom stereocenters. The SMILES string of the molecule is CCCN(CCC)C(=O)c1cc(C)cc(C(=O)N[C@H](Cc2cc(F)cc(F)c2)[C@@H](O)CCNC(=O)CCC(=O)c2ccccc2)c1. The summed E-state index contributed by atoms with van der Waals surface area (Å²) < 4.78 is 28.0. The van der Waals surface area contributed by atoms with E-state index in [9.17, 15) is 33.1 Å². The molecule has 0 bridgehead atoms. The van der Waals surface area contributed by atoms with Crippen LogP contribution in [0.1, 0.15) is 88.2 Å². The first-order valence-electron chi connectivity index (χ1n) is 15.7. The van der Waals surface area contributed by atoms with Crippen LogP contribution in [-0.4, -0.2) is 65.3 Å². The Hall–Kier alpha value is -4.44. The maximum atomic E-state index is 14.0. The lowest BCUT2D eigenvalue weighted by molar-refractivity contribution is -0.121. The number of nitrogens with one attached hydrogen (secondary N) is 2. The molecule has 0 aliphatic heterocycles. The number of rotatable bonds is 17. The second kappa shape index (κ2) is 17.9. The van der Waals surface area contributed by atoms with Crippen molar-refractivity contribution >= 4 is 23.5 Å². The van der Waals surface area contributed by atoms with Crippen LogP contribution in [0.2, 0.25) is 0 Å². The molecule has 10 heteroatoms. The molecule has 3 rings (SSSR count). The van der Waals surface area contributed by atoms with Crippen LogP contribution in [0.5, 0.6) is 0 Å². The highest BCUT2D eigenvalue weighted by molar-refractivity contribution is 6.00. The predicted octanol–water partition coefficient (Wildman–Crippen LogP) is 5.41. The van der Waals surface area contributed by atoms with Crippen LogP contribution >= 0.6 is 0 Å². The summed E-state index contributed by atoms with van der Waals surface area (Å²) in [4.78, 5) is 53.1. The zero-order valence-electron chi connectivity index (χ0n) is 26.7. The third kappa shape index (κ3) is 11.2. The van der Waals surface area contributed by atoms with Crippen LogP contribution in [0.4, 0.5) is 8.78 Å². The van der Waals surface area contributed by atoms with Crippen molar-refractivity contribution in [3.63, 3.8) is 0 Å². The molecule has 8 nitrogen and oxygen atoms in total. The maximum absolute atomic E-state index is 14.0. The van der Waals surface area contributed by atoms with Gasteiger partial charge in [0.1, 0.15) is 11.6 Å². The summed E-state index contributed by atoms with van der Waals surface area (Å²) in [6, 6.07) is 15.5. The molecule has 0 aliphatic rings. The summed E-state index contributed by atoms with van der Waals surface area (Å²) in [5.74, 6) is -2.88. The van der Waals surface area contributed by atoms with Crippen molar-refractivity contribution in [1.82, 2.24) is 15.5 Å². The number of ketones is 1.